The highest BCUT2D eigenvalue weighted by molar-refractivity contribution is 5.16. The second kappa shape index (κ2) is 4.82. The van der Waals surface area contributed by atoms with E-state index in [1.807, 2.05) is 0 Å². The van der Waals surface area contributed by atoms with Gasteiger partial charge in [0.2, 0.25) is 6.29 Å². The van der Waals surface area contributed by atoms with Crippen LogP contribution < -0.4 is 0 Å². The summed E-state index contributed by atoms with van der Waals surface area (Å²) in [5.41, 5.74) is 1.50. The summed E-state index contributed by atoms with van der Waals surface area (Å²) in [6.45, 7) is 9.06. The second-order valence-corrected chi connectivity index (χ2v) is 6.40. The lowest BCUT2D eigenvalue weighted by Crippen LogP contribution is -2.40. The monoisotopic (exact) mass is 248 g/mol. The fourth-order valence-electron chi connectivity index (χ4n) is 4.39. The van der Waals surface area contributed by atoms with Crippen molar-refractivity contribution in [2.75, 3.05) is 0 Å². The molecule has 2 aliphatic carbocycles. The highest BCUT2D eigenvalue weighted by atomic mass is 17.4. The van der Waals surface area contributed by atoms with Crippen LogP contribution in [0.3, 0.4) is 0 Å². The van der Waals surface area contributed by atoms with Gasteiger partial charge in [-0.05, 0) is 61.3 Å². The molecule has 0 N–H and O–H groups in total. The van der Waals surface area contributed by atoms with E-state index in [4.69, 9.17) is 9.78 Å². The Labute approximate surface area is 110 Å². The predicted octanol–water partition coefficient (Wildman–Crippen LogP) is 4.10. The summed E-state index contributed by atoms with van der Waals surface area (Å²) in [6.07, 6.45) is 9.58. The smallest absolute Gasteiger partial charge is 0.194 e. The Morgan fingerprint density at radius 1 is 1.28 bits per heavy atom. The van der Waals surface area contributed by atoms with Crippen LogP contribution in [0.25, 0.3) is 0 Å². The van der Waals surface area contributed by atoms with Crippen LogP contribution in [0.5, 0.6) is 0 Å². The molecule has 5 atom stereocenters. The fraction of sp³-hybridized carbons (Fsp3) is 0.750. The third-order valence-electron chi connectivity index (χ3n) is 5.12. The van der Waals surface area contributed by atoms with Gasteiger partial charge >= 0.3 is 0 Å². The minimum absolute atomic E-state index is 0.0617. The van der Waals surface area contributed by atoms with Crippen LogP contribution in [-0.2, 0) is 9.78 Å². The molecule has 0 spiro atoms. The molecule has 0 aromatic carbocycles. The first kappa shape index (κ1) is 12.4. The van der Waals surface area contributed by atoms with Gasteiger partial charge in [-0.1, -0.05) is 32.1 Å². The minimum Gasteiger partial charge on any atom is -0.194 e. The zero-order valence-electron chi connectivity index (χ0n) is 11.5. The average molecular weight is 248 g/mol. The molecular formula is C16H24O2. The molecule has 2 saturated carbocycles. The molecule has 0 amide bonds. The van der Waals surface area contributed by atoms with Gasteiger partial charge in [0, 0.05) is 0 Å². The topological polar surface area (TPSA) is 25.1 Å². The van der Waals surface area contributed by atoms with Crippen molar-refractivity contribution in [1.82, 2.24) is 0 Å². The van der Waals surface area contributed by atoms with Crippen molar-refractivity contribution in [3.63, 3.8) is 0 Å². The van der Waals surface area contributed by atoms with E-state index in [1.54, 1.807) is 0 Å². The van der Waals surface area contributed by atoms with Crippen LogP contribution >= 0.6 is 0 Å². The molecule has 3 fully saturated rings. The Morgan fingerprint density at radius 2 is 2.06 bits per heavy atom. The minimum atomic E-state index is -0.0617. The summed E-state index contributed by atoms with van der Waals surface area (Å²) in [4.78, 5) is 9.63. The van der Waals surface area contributed by atoms with E-state index in [-0.39, 0.29) is 6.29 Å². The van der Waals surface area contributed by atoms with E-state index < -0.39 is 0 Å². The molecule has 1 saturated heterocycles. The summed E-state index contributed by atoms with van der Waals surface area (Å²) in [6, 6.07) is 0. The van der Waals surface area contributed by atoms with Crippen molar-refractivity contribution in [3.8, 4) is 0 Å². The molecule has 18 heavy (non-hydrogen) atoms. The van der Waals surface area contributed by atoms with Crippen LogP contribution in [0.2, 0.25) is 0 Å². The second-order valence-electron chi connectivity index (χ2n) is 6.40. The SMILES string of the molecule is C=C1CC2CC(C)CC(C1CC)C2/C=C/C1OO1. The van der Waals surface area contributed by atoms with Crippen LogP contribution in [0, 0.1) is 29.6 Å². The molecule has 0 aromatic rings. The summed E-state index contributed by atoms with van der Waals surface area (Å²) >= 11 is 0. The molecule has 0 aromatic heterocycles. The van der Waals surface area contributed by atoms with Crippen molar-refractivity contribution in [1.29, 1.82) is 0 Å². The number of fused-ring (bicyclic) bond motifs is 2. The maximum Gasteiger partial charge on any atom is 0.242 e. The molecule has 1 aliphatic heterocycles. The lowest BCUT2D eigenvalue weighted by Gasteiger charge is -2.49. The van der Waals surface area contributed by atoms with Gasteiger partial charge in [0.1, 0.15) is 0 Å². The van der Waals surface area contributed by atoms with Crippen LogP contribution in [0.1, 0.15) is 39.5 Å². The first-order chi connectivity index (χ1) is 8.69. The van der Waals surface area contributed by atoms with Gasteiger partial charge < -0.3 is 0 Å². The first-order valence-corrected chi connectivity index (χ1v) is 7.37. The molecule has 2 bridgehead atoms. The van der Waals surface area contributed by atoms with E-state index in [0.717, 1.165) is 23.7 Å². The van der Waals surface area contributed by atoms with Crippen LogP contribution in [0.15, 0.2) is 24.3 Å². The third kappa shape index (κ3) is 2.28. The highest BCUT2D eigenvalue weighted by Crippen LogP contribution is 2.52. The predicted molar refractivity (Wildman–Crippen MR) is 71.5 cm³/mol. The molecule has 2 heteroatoms. The molecular weight excluding hydrogens is 224 g/mol. The lowest BCUT2D eigenvalue weighted by atomic mass is 9.56. The van der Waals surface area contributed by atoms with Crippen LogP contribution in [-0.4, -0.2) is 6.29 Å². The fourth-order valence-corrected chi connectivity index (χ4v) is 4.39. The standard InChI is InChI=1S/C16H24O2/c1-4-13-11(3)9-12-7-10(2)8-15(13)14(12)5-6-16-17-18-16/h5-6,10,12-16H,3-4,7-9H2,1-2H3/b6-5+. The Hall–Kier alpha value is -0.600. The summed E-state index contributed by atoms with van der Waals surface area (Å²) in [5, 5.41) is 0. The number of hydrogen-bond donors (Lipinski definition) is 0. The van der Waals surface area contributed by atoms with Gasteiger partial charge in [-0.15, -0.1) is 0 Å². The van der Waals surface area contributed by atoms with E-state index in [9.17, 15) is 0 Å². The van der Waals surface area contributed by atoms with Crippen molar-refractivity contribution in [2.24, 2.45) is 29.6 Å². The highest BCUT2D eigenvalue weighted by Gasteiger charge is 2.43. The van der Waals surface area contributed by atoms with Crippen molar-refractivity contribution >= 4 is 0 Å². The summed E-state index contributed by atoms with van der Waals surface area (Å²) in [7, 11) is 0. The maximum absolute atomic E-state index is 4.81. The molecule has 100 valence electrons. The molecule has 0 radical (unpaired) electrons. The maximum atomic E-state index is 4.81. The Kier molecular flexibility index (Phi) is 3.33. The largest absolute Gasteiger partial charge is 0.242 e. The normalized spacial score (nSPS) is 44.6. The quantitative estimate of drug-likeness (QED) is 0.427. The van der Waals surface area contributed by atoms with E-state index in [2.05, 4.69) is 32.6 Å². The summed E-state index contributed by atoms with van der Waals surface area (Å²) < 4.78 is 0. The Balaban J connectivity index is 1.80. The molecule has 3 rings (SSSR count). The van der Waals surface area contributed by atoms with Gasteiger partial charge in [-0.2, -0.15) is 9.78 Å². The number of hydrogen-bond acceptors (Lipinski definition) is 2. The summed E-state index contributed by atoms with van der Waals surface area (Å²) in [5.74, 6) is 3.90. The molecule has 5 unspecified atom stereocenters. The van der Waals surface area contributed by atoms with Gasteiger partial charge in [-0.25, -0.2) is 0 Å². The van der Waals surface area contributed by atoms with Crippen molar-refractivity contribution < 1.29 is 9.78 Å². The third-order valence-corrected chi connectivity index (χ3v) is 5.12. The van der Waals surface area contributed by atoms with Gasteiger partial charge in [0.05, 0.1) is 0 Å². The van der Waals surface area contributed by atoms with Crippen LogP contribution in [0.4, 0.5) is 0 Å². The van der Waals surface area contributed by atoms with Gasteiger partial charge in [0.15, 0.2) is 0 Å². The lowest BCUT2D eigenvalue weighted by molar-refractivity contribution is 0.0755. The van der Waals surface area contributed by atoms with Crippen molar-refractivity contribution in [3.05, 3.63) is 24.3 Å². The zero-order valence-corrected chi connectivity index (χ0v) is 11.5. The average Bonchev–Trinajstić information content (AvgIpc) is 3.11. The van der Waals surface area contributed by atoms with Gasteiger partial charge in [-0.3, -0.25) is 0 Å². The number of allylic oxidation sites excluding steroid dienone is 2. The Bertz CT molecular complexity index is 356. The molecule has 2 nitrogen and oxygen atoms in total. The number of rotatable bonds is 3. The molecule has 3 aliphatic rings. The Morgan fingerprint density at radius 3 is 2.72 bits per heavy atom. The van der Waals surface area contributed by atoms with Gasteiger partial charge in [0.25, 0.3) is 0 Å². The van der Waals surface area contributed by atoms with E-state index in [0.29, 0.717) is 5.92 Å². The van der Waals surface area contributed by atoms with Crippen molar-refractivity contribution in [2.45, 2.75) is 45.8 Å². The van der Waals surface area contributed by atoms with E-state index >= 15 is 0 Å². The zero-order chi connectivity index (χ0) is 12.7. The van der Waals surface area contributed by atoms with E-state index in [1.165, 1.54) is 31.3 Å². The molecule has 1 heterocycles. The first-order valence-electron chi connectivity index (χ1n) is 7.37.